The Labute approximate surface area is 517 Å². The van der Waals surface area contributed by atoms with Gasteiger partial charge in [-0.2, -0.15) is 0 Å². The molecule has 0 aliphatic heterocycles. The zero-order chi connectivity index (χ0) is 59.2. The van der Waals surface area contributed by atoms with Crippen LogP contribution in [0.4, 0.5) is 0 Å². The highest BCUT2D eigenvalue weighted by molar-refractivity contribution is 6.23. The Morgan fingerprint density at radius 3 is 0.921 bits per heavy atom. The predicted molar refractivity (Wildman–Crippen MR) is 375 cm³/mol. The van der Waals surface area contributed by atoms with Crippen LogP contribution in [0.5, 0.6) is 0 Å². The average Bonchev–Trinajstić information content (AvgIpc) is 1.59. The van der Waals surface area contributed by atoms with Gasteiger partial charge in [0.05, 0.1) is 22.1 Å². The lowest BCUT2D eigenvalue weighted by atomic mass is 9.85. The molecule has 17 rings (SSSR count). The van der Waals surface area contributed by atoms with Crippen molar-refractivity contribution in [1.29, 1.82) is 0 Å². The van der Waals surface area contributed by atoms with Crippen LogP contribution in [0.15, 0.2) is 334 Å². The van der Waals surface area contributed by atoms with E-state index in [-0.39, 0.29) is 0 Å². The summed E-state index contributed by atoms with van der Waals surface area (Å²) in [6, 6.07) is 119. The largest absolute Gasteiger partial charge is 0.292 e. The molecule has 0 amide bonds. The smallest absolute Gasteiger partial charge is 0.145 e. The third kappa shape index (κ3) is 9.52. The monoisotopic (exact) mass is 1130 g/mol. The average molecular weight is 1140 g/mol. The van der Waals surface area contributed by atoms with Gasteiger partial charge in [-0.25, -0.2) is 9.97 Å². The van der Waals surface area contributed by atoms with E-state index in [0.29, 0.717) is 0 Å². The molecular formula is C85H58N4. The molecule has 0 aliphatic rings. The van der Waals surface area contributed by atoms with Crippen LogP contribution in [0, 0.1) is 6.92 Å². The molecule has 0 saturated carbocycles. The van der Waals surface area contributed by atoms with Crippen LogP contribution >= 0.6 is 0 Å². The first kappa shape index (κ1) is 52.8. The van der Waals surface area contributed by atoms with Crippen LogP contribution in [0.2, 0.25) is 0 Å². The van der Waals surface area contributed by atoms with Crippen LogP contribution in [-0.4, -0.2) is 19.1 Å². The Morgan fingerprint density at radius 2 is 0.506 bits per heavy atom. The number of hydrogen-bond donors (Lipinski definition) is 0. The van der Waals surface area contributed by atoms with Crippen LogP contribution in [0.3, 0.4) is 0 Å². The highest BCUT2D eigenvalue weighted by atomic mass is 15.1. The molecule has 89 heavy (non-hydrogen) atoms. The summed E-state index contributed by atoms with van der Waals surface area (Å²) in [6.45, 7) is 2.18. The maximum Gasteiger partial charge on any atom is 0.145 e. The van der Waals surface area contributed by atoms with Gasteiger partial charge in [-0.3, -0.25) is 9.13 Å². The van der Waals surface area contributed by atoms with Gasteiger partial charge in [0.15, 0.2) is 0 Å². The Hall–Kier alpha value is -11.7. The molecule has 0 saturated heterocycles. The standard InChI is InChI=1S/C45H30N2.C40H28N2/c1-4-14-31(15-5-1)35-26-29-39-40(30-35)44(38-21-11-10-20-37(38)43(39)32-16-6-2-7-17-32)33-24-27-36(28-25-33)47-42-23-13-12-22-41(42)46-45(47)34-18-8-3-9-19-34;1-27-20-25-34-35(26-27)39(33-17-9-8-16-32(33)38(34)28-12-4-2-5-13-28)29-21-23-31(24-22-29)42-37-19-11-10-18-36(37)41-40(42)30-14-6-3-7-15-30/h1-30H;2-26H,1H3. The van der Waals surface area contributed by atoms with E-state index >= 15 is 0 Å². The molecule has 0 fully saturated rings. The first-order valence-corrected chi connectivity index (χ1v) is 30.5. The maximum atomic E-state index is 5.06. The molecule has 0 N–H and O–H groups in total. The van der Waals surface area contributed by atoms with E-state index in [1.807, 2.05) is 12.1 Å². The van der Waals surface area contributed by atoms with Crippen LogP contribution in [0.1, 0.15) is 5.56 Å². The molecule has 0 radical (unpaired) electrons. The fourth-order valence-corrected chi connectivity index (χ4v) is 13.4. The van der Waals surface area contributed by atoms with Crippen molar-refractivity contribution in [2.75, 3.05) is 0 Å². The molecule has 0 atom stereocenters. The Bertz CT molecular complexity index is 5440. The minimum absolute atomic E-state index is 0.940. The van der Waals surface area contributed by atoms with E-state index in [9.17, 15) is 0 Å². The van der Waals surface area contributed by atoms with Crippen molar-refractivity contribution in [2.24, 2.45) is 0 Å². The Kier molecular flexibility index (Phi) is 13.4. The number of para-hydroxylation sites is 4. The molecule has 418 valence electrons. The van der Waals surface area contributed by atoms with Gasteiger partial charge in [0.1, 0.15) is 11.6 Å². The van der Waals surface area contributed by atoms with Crippen molar-refractivity contribution >= 4 is 65.2 Å². The number of nitrogens with zero attached hydrogens (tertiary/aromatic N) is 4. The third-order valence-corrected chi connectivity index (χ3v) is 17.4. The SMILES string of the molecule is Cc1ccc2c(-c3ccccc3)c3ccccc3c(-c3ccc(-n4c(-c5ccccc5)nc5ccccc54)cc3)c2c1.c1ccc(-c2ccc3c(-c4ccccc4)c4ccccc4c(-c4ccc(-n5c(-c6ccccc6)nc6ccccc65)cc4)c3c2)cc1. The second kappa shape index (κ2) is 22.6. The summed E-state index contributed by atoms with van der Waals surface area (Å²) in [5.41, 5.74) is 22.2. The number of imidazole rings is 2. The van der Waals surface area contributed by atoms with E-state index in [1.54, 1.807) is 0 Å². The van der Waals surface area contributed by atoms with Crippen molar-refractivity contribution in [2.45, 2.75) is 6.92 Å². The van der Waals surface area contributed by atoms with Crippen molar-refractivity contribution in [3.8, 4) is 89.8 Å². The fraction of sp³-hybridized carbons (Fsp3) is 0.0118. The summed E-state index contributed by atoms with van der Waals surface area (Å²) in [6.07, 6.45) is 0. The summed E-state index contributed by atoms with van der Waals surface area (Å²) in [4.78, 5) is 10.1. The van der Waals surface area contributed by atoms with Gasteiger partial charge in [-0.1, -0.05) is 285 Å². The normalized spacial score (nSPS) is 11.4. The number of aryl methyl sites for hydroxylation is 1. The lowest BCUT2D eigenvalue weighted by Gasteiger charge is -2.19. The molecule has 17 aromatic rings. The first-order valence-electron chi connectivity index (χ1n) is 30.5. The highest BCUT2D eigenvalue weighted by Gasteiger charge is 2.22. The lowest BCUT2D eigenvalue weighted by molar-refractivity contribution is 1.10. The van der Waals surface area contributed by atoms with Gasteiger partial charge < -0.3 is 0 Å². The number of rotatable bonds is 9. The molecular weight excluding hydrogens is 1080 g/mol. The zero-order valence-electron chi connectivity index (χ0n) is 49.0. The number of hydrogen-bond acceptors (Lipinski definition) is 2. The molecule has 4 heteroatoms. The summed E-state index contributed by atoms with van der Waals surface area (Å²) in [5, 5.41) is 10.1. The second-order valence-electron chi connectivity index (χ2n) is 22.8. The van der Waals surface area contributed by atoms with Gasteiger partial charge in [0, 0.05) is 22.5 Å². The first-order chi connectivity index (χ1) is 44.1. The molecule has 0 unspecified atom stereocenters. The zero-order valence-corrected chi connectivity index (χ0v) is 49.0. The van der Waals surface area contributed by atoms with Gasteiger partial charge in [-0.05, 0) is 160 Å². The summed E-state index contributed by atoms with van der Waals surface area (Å²) >= 11 is 0. The molecule has 4 nitrogen and oxygen atoms in total. The number of fused-ring (bicyclic) bond motifs is 6. The van der Waals surface area contributed by atoms with Crippen molar-refractivity contribution < 1.29 is 0 Å². The minimum Gasteiger partial charge on any atom is -0.292 e. The molecule has 15 aromatic carbocycles. The van der Waals surface area contributed by atoms with Crippen molar-refractivity contribution in [3.63, 3.8) is 0 Å². The van der Waals surface area contributed by atoms with Crippen LogP contribution < -0.4 is 0 Å². The molecule has 0 aliphatic carbocycles. The Morgan fingerprint density at radius 1 is 0.213 bits per heavy atom. The third-order valence-electron chi connectivity index (χ3n) is 17.4. The molecule has 2 aromatic heterocycles. The number of benzene rings is 15. The van der Waals surface area contributed by atoms with Crippen molar-refractivity contribution in [3.05, 3.63) is 339 Å². The van der Waals surface area contributed by atoms with Gasteiger partial charge in [0.2, 0.25) is 0 Å². The van der Waals surface area contributed by atoms with E-state index < -0.39 is 0 Å². The summed E-state index contributed by atoms with van der Waals surface area (Å²) in [7, 11) is 0. The van der Waals surface area contributed by atoms with Crippen LogP contribution in [0.25, 0.3) is 155 Å². The summed E-state index contributed by atoms with van der Waals surface area (Å²) < 4.78 is 4.55. The van der Waals surface area contributed by atoms with E-state index in [0.717, 1.165) is 56.2 Å². The topological polar surface area (TPSA) is 35.6 Å². The van der Waals surface area contributed by atoms with Crippen molar-refractivity contribution in [1.82, 2.24) is 19.1 Å². The van der Waals surface area contributed by atoms with E-state index in [1.165, 1.54) is 104 Å². The quantitative estimate of drug-likeness (QED) is 0.135. The lowest BCUT2D eigenvalue weighted by Crippen LogP contribution is -1.98. The van der Waals surface area contributed by atoms with Crippen LogP contribution in [-0.2, 0) is 0 Å². The number of aromatic nitrogens is 4. The Balaban J connectivity index is 0.000000144. The molecule has 2 heterocycles. The van der Waals surface area contributed by atoms with Gasteiger partial charge >= 0.3 is 0 Å². The van der Waals surface area contributed by atoms with E-state index in [2.05, 4.69) is 338 Å². The van der Waals surface area contributed by atoms with Gasteiger partial charge in [0.25, 0.3) is 0 Å². The minimum atomic E-state index is 0.940. The predicted octanol–water partition coefficient (Wildman–Crippen LogP) is 22.6. The summed E-state index contributed by atoms with van der Waals surface area (Å²) in [5.74, 6) is 1.89. The maximum absolute atomic E-state index is 5.06. The van der Waals surface area contributed by atoms with E-state index in [4.69, 9.17) is 9.97 Å². The van der Waals surface area contributed by atoms with Gasteiger partial charge in [-0.15, -0.1) is 0 Å². The highest BCUT2D eigenvalue weighted by Crippen LogP contribution is 2.47. The molecule has 0 bridgehead atoms. The molecule has 0 spiro atoms. The second-order valence-corrected chi connectivity index (χ2v) is 22.8. The fourth-order valence-electron chi connectivity index (χ4n) is 13.4.